The van der Waals surface area contributed by atoms with Gasteiger partial charge in [0.15, 0.2) is 0 Å². The zero-order valence-corrected chi connectivity index (χ0v) is 14.5. The molecule has 0 unspecified atom stereocenters. The van der Waals surface area contributed by atoms with Crippen LogP contribution in [0.3, 0.4) is 0 Å². The van der Waals surface area contributed by atoms with Gasteiger partial charge in [0, 0.05) is 24.4 Å². The summed E-state index contributed by atoms with van der Waals surface area (Å²) in [6.07, 6.45) is 5.77. The van der Waals surface area contributed by atoms with Crippen LogP contribution in [0, 0.1) is 17.8 Å². The summed E-state index contributed by atoms with van der Waals surface area (Å²) in [5, 5.41) is 3.14. The van der Waals surface area contributed by atoms with Gasteiger partial charge in [-0.2, -0.15) is 0 Å². The van der Waals surface area contributed by atoms with Crippen molar-refractivity contribution < 1.29 is 14.4 Å². The molecule has 1 aromatic carbocycles. The van der Waals surface area contributed by atoms with Crippen molar-refractivity contribution in [1.82, 2.24) is 5.32 Å². The number of amides is 3. The van der Waals surface area contributed by atoms with Gasteiger partial charge in [0.05, 0.1) is 5.69 Å². The lowest BCUT2D eigenvalue weighted by molar-refractivity contribution is -0.121. The number of carbonyl (C=O) groups excluding carboxylic acids is 3. The van der Waals surface area contributed by atoms with Crippen LogP contribution in [0.4, 0.5) is 5.69 Å². The molecule has 4 atom stereocenters. The zero-order valence-electron chi connectivity index (χ0n) is 14.5. The highest BCUT2D eigenvalue weighted by atomic mass is 16.2. The third kappa shape index (κ3) is 2.96. The maximum atomic E-state index is 12.5. The maximum Gasteiger partial charge on any atom is 0.251 e. The van der Waals surface area contributed by atoms with Gasteiger partial charge in [-0.25, -0.2) is 0 Å². The van der Waals surface area contributed by atoms with Gasteiger partial charge < -0.3 is 5.32 Å². The topological polar surface area (TPSA) is 66.5 Å². The molecule has 3 fully saturated rings. The van der Waals surface area contributed by atoms with Gasteiger partial charge in [0.25, 0.3) is 5.91 Å². The number of hydrogen-bond acceptors (Lipinski definition) is 3. The van der Waals surface area contributed by atoms with Gasteiger partial charge in [-0.05, 0) is 68.2 Å². The molecule has 0 aromatic heterocycles. The minimum absolute atomic E-state index is 0.0825. The summed E-state index contributed by atoms with van der Waals surface area (Å²) < 4.78 is 0. The Morgan fingerprint density at radius 3 is 2.32 bits per heavy atom. The summed E-state index contributed by atoms with van der Waals surface area (Å²) in [5.41, 5.74) is 1.11. The van der Waals surface area contributed by atoms with Gasteiger partial charge in [0.2, 0.25) is 11.8 Å². The van der Waals surface area contributed by atoms with E-state index in [2.05, 4.69) is 12.2 Å². The molecule has 1 aromatic rings. The van der Waals surface area contributed by atoms with Crippen molar-refractivity contribution in [3.05, 3.63) is 29.8 Å². The van der Waals surface area contributed by atoms with Gasteiger partial charge in [0.1, 0.15) is 0 Å². The van der Waals surface area contributed by atoms with E-state index < -0.39 is 0 Å². The van der Waals surface area contributed by atoms with Gasteiger partial charge in [-0.15, -0.1) is 0 Å². The number of nitrogens with zero attached hydrogens (tertiary/aromatic N) is 1. The maximum absolute atomic E-state index is 12.5. The monoisotopic (exact) mass is 340 g/mol. The number of carbonyl (C=O) groups is 3. The number of fused-ring (bicyclic) bond motifs is 2. The summed E-state index contributed by atoms with van der Waals surface area (Å²) in [5.74, 6) is 1.81. The minimum Gasteiger partial charge on any atom is -0.349 e. The fourth-order valence-electron chi connectivity index (χ4n) is 4.93. The van der Waals surface area contributed by atoms with E-state index in [9.17, 15) is 14.4 Å². The standard InChI is InChI=1S/C20H24N2O3/c1-12(17-11-13-2-3-15(17)10-13)21-20(25)14-4-6-16(7-5-14)22-18(23)8-9-19(22)24/h4-7,12-13,15,17H,2-3,8-11H2,1H3,(H,21,25)/t12-,13+,15+,17+/m1/s1. The Hall–Kier alpha value is -2.17. The van der Waals surface area contributed by atoms with Gasteiger partial charge in [-0.3, -0.25) is 19.3 Å². The van der Waals surface area contributed by atoms with E-state index in [-0.39, 0.29) is 36.6 Å². The van der Waals surface area contributed by atoms with Crippen LogP contribution in [0.2, 0.25) is 0 Å². The SMILES string of the molecule is C[C@@H](NC(=O)c1ccc(N2C(=O)CCC2=O)cc1)[C@@H]1C[C@H]2CC[C@H]1C2. The van der Waals surface area contributed by atoms with E-state index >= 15 is 0 Å². The van der Waals surface area contributed by atoms with Crippen LogP contribution >= 0.6 is 0 Å². The average molecular weight is 340 g/mol. The summed E-state index contributed by atoms with van der Waals surface area (Å²) in [6, 6.07) is 6.93. The molecule has 1 N–H and O–H groups in total. The van der Waals surface area contributed by atoms with E-state index in [0.717, 1.165) is 11.8 Å². The van der Waals surface area contributed by atoms with Crippen LogP contribution in [0.25, 0.3) is 0 Å². The molecule has 5 nitrogen and oxygen atoms in total. The third-order valence-electron chi connectivity index (χ3n) is 6.23. The first kappa shape index (κ1) is 16.3. The molecule has 1 saturated heterocycles. The first-order valence-corrected chi connectivity index (χ1v) is 9.29. The molecule has 2 bridgehead atoms. The molecule has 1 aliphatic heterocycles. The van der Waals surface area contributed by atoms with Crippen LogP contribution in [0.1, 0.15) is 55.8 Å². The van der Waals surface area contributed by atoms with Crippen molar-refractivity contribution in [2.75, 3.05) is 4.90 Å². The van der Waals surface area contributed by atoms with E-state index in [1.807, 2.05) is 0 Å². The lowest BCUT2D eigenvalue weighted by atomic mass is 9.84. The number of anilines is 1. The van der Waals surface area contributed by atoms with Crippen molar-refractivity contribution >= 4 is 23.4 Å². The predicted molar refractivity (Wildman–Crippen MR) is 94.0 cm³/mol. The number of imide groups is 1. The number of hydrogen-bond donors (Lipinski definition) is 1. The summed E-state index contributed by atoms with van der Waals surface area (Å²) in [7, 11) is 0. The normalized spacial score (nSPS) is 29.3. The Morgan fingerprint density at radius 1 is 1.08 bits per heavy atom. The summed E-state index contributed by atoms with van der Waals surface area (Å²) >= 11 is 0. The number of nitrogens with one attached hydrogen (secondary N) is 1. The quantitative estimate of drug-likeness (QED) is 0.857. The third-order valence-corrected chi connectivity index (χ3v) is 6.23. The fourth-order valence-corrected chi connectivity index (χ4v) is 4.93. The van der Waals surface area contributed by atoms with Gasteiger partial charge >= 0.3 is 0 Å². The zero-order chi connectivity index (χ0) is 17.6. The van der Waals surface area contributed by atoms with Crippen molar-refractivity contribution in [1.29, 1.82) is 0 Å². The molecule has 3 aliphatic rings. The number of benzene rings is 1. The second-order valence-electron chi connectivity index (χ2n) is 7.77. The van der Waals surface area contributed by atoms with E-state index in [1.165, 1.54) is 30.6 Å². The summed E-state index contributed by atoms with van der Waals surface area (Å²) in [4.78, 5) is 37.3. The Labute approximate surface area is 147 Å². The Kier molecular flexibility index (Phi) is 4.10. The van der Waals surface area contributed by atoms with Crippen molar-refractivity contribution in [3.8, 4) is 0 Å². The molecule has 3 amide bonds. The first-order valence-electron chi connectivity index (χ1n) is 9.29. The van der Waals surface area contributed by atoms with Crippen LogP contribution < -0.4 is 10.2 Å². The predicted octanol–water partition coefficient (Wildman–Crippen LogP) is 2.89. The Balaban J connectivity index is 1.40. The average Bonchev–Trinajstić information content (AvgIpc) is 3.31. The fraction of sp³-hybridized carbons (Fsp3) is 0.550. The molecule has 1 heterocycles. The van der Waals surface area contributed by atoms with E-state index in [0.29, 0.717) is 17.2 Å². The minimum atomic E-state index is -0.174. The van der Waals surface area contributed by atoms with E-state index in [4.69, 9.17) is 0 Å². The van der Waals surface area contributed by atoms with E-state index in [1.54, 1.807) is 24.3 Å². The lowest BCUT2D eigenvalue weighted by Gasteiger charge is -2.28. The molecule has 0 radical (unpaired) electrons. The smallest absolute Gasteiger partial charge is 0.251 e. The summed E-state index contributed by atoms with van der Waals surface area (Å²) in [6.45, 7) is 2.11. The second kappa shape index (κ2) is 6.28. The Bertz CT molecular complexity index is 696. The molecular formula is C20H24N2O3. The van der Waals surface area contributed by atoms with Gasteiger partial charge in [-0.1, -0.05) is 6.42 Å². The first-order chi connectivity index (χ1) is 12.0. The molecule has 4 rings (SSSR count). The van der Waals surface area contributed by atoms with Crippen molar-refractivity contribution in [3.63, 3.8) is 0 Å². The Morgan fingerprint density at radius 2 is 1.76 bits per heavy atom. The van der Waals surface area contributed by atoms with Crippen molar-refractivity contribution in [2.45, 2.75) is 51.5 Å². The van der Waals surface area contributed by atoms with Crippen LogP contribution in [0.5, 0.6) is 0 Å². The van der Waals surface area contributed by atoms with Crippen LogP contribution in [0.15, 0.2) is 24.3 Å². The van der Waals surface area contributed by atoms with Crippen molar-refractivity contribution in [2.24, 2.45) is 17.8 Å². The van der Waals surface area contributed by atoms with Crippen LogP contribution in [-0.4, -0.2) is 23.8 Å². The molecule has 25 heavy (non-hydrogen) atoms. The molecule has 2 saturated carbocycles. The molecule has 5 heteroatoms. The molecule has 132 valence electrons. The lowest BCUT2D eigenvalue weighted by Crippen LogP contribution is -2.40. The highest BCUT2D eigenvalue weighted by molar-refractivity contribution is 6.19. The second-order valence-corrected chi connectivity index (χ2v) is 7.77. The molecule has 2 aliphatic carbocycles. The highest BCUT2D eigenvalue weighted by Gasteiger charge is 2.42. The molecular weight excluding hydrogens is 316 g/mol. The number of rotatable bonds is 4. The van der Waals surface area contributed by atoms with Crippen LogP contribution in [-0.2, 0) is 9.59 Å². The highest BCUT2D eigenvalue weighted by Crippen LogP contribution is 2.49. The molecule has 0 spiro atoms. The largest absolute Gasteiger partial charge is 0.349 e.